The summed E-state index contributed by atoms with van der Waals surface area (Å²) in [5.74, 6) is 0. The van der Waals surface area contributed by atoms with Gasteiger partial charge in [0.15, 0.2) is 0 Å². The van der Waals surface area contributed by atoms with Gasteiger partial charge in [0.05, 0.1) is 0 Å². The van der Waals surface area contributed by atoms with Crippen molar-refractivity contribution in [3.8, 4) is 0 Å². The van der Waals surface area contributed by atoms with Crippen molar-refractivity contribution in [2.45, 2.75) is 29.8 Å². The van der Waals surface area contributed by atoms with Crippen LogP contribution < -0.4 is 56.5 Å². The van der Waals surface area contributed by atoms with Crippen LogP contribution in [-0.2, 0) is 3.79 Å². The number of carbonyl (C=O) groups is 1. The van der Waals surface area contributed by atoms with Crippen molar-refractivity contribution in [2.24, 2.45) is 0 Å². The van der Waals surface area contributed by atoms with E-state index < -0.39 is 20.6 Å². The Morgan fingerprint density at radius 1 is 1.27 bits per heavy atom. The van der Waals surface area contributed by atoms with Crippen molar-refractivity contribution in [1.29, 1.82) is 0 Å². The third-order valence-electron chi connectivity index (χ3n) is 1.82. The summed E-state index contributed by atoms with van der Waals surface area (Å²) >= 11 is -1.35. The zero-order chi connectivity index (χ0) is 7.40. The maximum absolute atomic E-state index is 9.97. The molecule has 0 unspecified atom stereocenters. The quantitative estimate of drug-likeness (QED) is 0.437. The van der Waals surface area contributed by atoms with Crippen LogP contribution in [-0.4, -0.2) is 20.6 Å². The summed E-state index contributed by atoms with van der Waals surface area (Å²) < 4.78 is 4.64. The van der Waals surface area contributed by atoms with Crippen molar-refractivity contribution >= 4 is 20.6 Å². The topological polar surface area (TPSA) is 49.4 Å². The van der Waals surface area contributed by atoms with E-state index in [2.05, 4.69) is 3.79 Å². The van der Waals surface area contributed by atoms with E-state index >= 15 is 0 Å². The third kappa shape index (κ3) is 5.64. The van der Waals surface area contributed by atoms with E-state index in [1.165, 1.54) is 6.42 Å². The molecule has 1 fully saturated rings. The van der Waals surface area contributed by atoms with Gasteiger partial charge in [0.2, 0.25) is 6.16 Å². The van der Waals surface area contributed by atoms with Crippen molar-refractivity contribution in [1.82, 2.24) is 0 Å². The van der Waals surface area contributed by atoms with E-state index in [4.69, 9.17) is 0 Å². The average Bonchev–Trinajstić information content (AvgIpc) is 1.88. The molecule has 3 nitrogen and oxygen atoms in total. The fourth-order valence-electron chi connectivity index (χ4n) is 1.32. The molecule has 5 heteroatoms. The first kappa shape index (κ1) is 12.4. The predicted octanol–water partition coefficient (Wildman–Crippen LogP) is -2.47. The second-order valence-corrected chi connectivity index (χ2v) is 5.26. The summed E-state index contributed by atoms with van der Waals surface area (Å²) in [7, 11) is 0. The summed E-state index contributed by atoms with van der Waals surface area (Å²) in [5.41, 5.74) is 0. The molecule has 1 aliphatic heterocycles. The molecule has 0 radical (unpaired) electrons. The minimum Gasteiger partial charge on any atom is -0.656 e. The first-order chi connectivity index (χ1) is 4.79. The van der Waals surface area contributed by atoms with Gasteiger partial charge in [-0.05, 0) is 0 Å². The van der Waals surface area contributed by atoms with E-state index in [-0.39, 0.29) is 51.4 Å². The Hall–Kier alpha value is 1.44. The van der Waals surface area contributed by atoms with Gasteiger partial charge >= 0.3 is 65.9 Å². The monoisotopic (exact) mass is 196 g/mol. The van der Waals surface area contributed by atoms with Crippen LogP contribution in [0.4, 0.5) is 4.79 Å². The van der Waals surface area contributed by atoms with Gasteiger partial charge in [0.25, 0.3) is 0 Å². The van der Waals surface area contributed by atoms with Gasteiger partial charge in [-0.1, -0.05) is 29.8 Å². The molecule has 0 aliphatic carbocycles. The molecule has 0 amide bonds. The molecule has 1 heterocycles. The maximum Gasteiger partial charge on any atom is 1.00 e. The van der Waals surface area contributed by atoms with E-state index in [1.54, 1.807) is 0 Å². The molecule has 0 spiro atoms. The Bertz CT molecular complexity index is 125. The molecule has 0 saturated carbocycles. The molecule has 0 atom stereocenters. The van der Waals surface area contributed by atoms with E-state index in [1.807, 2.05) is 0 Å². The molecule has 11 heavy (non-hydrogen) atoms. The van der Waals surface area contributed by atoms with E-state index in [0.29, 0.717) is 0 Å². The van der Waals surface area contributed by atoms with Gasteiger partial charge in [-0.2, -0.15) is 0 Å². The molecular weight excluding hydrogens is 186 g/mol. The van der Waals surface area contributed by atoms with Gasteiger partial charge in [0, 0.05) is 0 Å². The fourth-order valence-corrected chi connectivity index (χ4v) is 3.60. The number of carbonyl (C=O) groups excluding carboxylic acids is 1. The van der Waals surface area contributed by atoms with Crippen LogP contribution in [0.2, 0.25) is 10.6 Å². The summed E-state index contributed by atoms with van der Waals surface area (Å²) in [5, 5.41) is 12.0. The first-order valence-corrected chi connectivity index (χ1v) is 5.77. The van der Waals surface area contributed by atoms with Gasteiger partial charge in [-0.15, -0.1) is 0 Å². The summed E-state index contributed by atoms with van der Waals surface area (Å²) in [4.78, 5) is 9.97. The Morgan fingerprint density at radius 2 is 1.82 bits per heavy atom. The van der Waals surface area contributed by atoms with Crippen molar-refractivity contribution < 1.29 is 65.1 Å². The summed E-state index contributed by atoms with van der Waals surface area (Å²) in [6, 6.07) is 0. The Balaban J connectivity index is 0.000001000. The smallest absolute Gasteiger partial charge is 0.656 e. The minimum atomic E-state index is -1.35. The number of hydrogen-bond acceptors (Lipinski definition) is 3. The largest absolute Gasteiger partial charge is 1.00 e. The van der Waals surface area contributed by atoms with Gasteiger partial charge < -0.3 is 13.7 Å². The van der Waals surface area contributed by atoms with Crippen molar-refractivity contribution in [3.05, 3.63) is 0 Å². The zero-order valence-electron chi connectivity index (χ0n) is 6.84. The number of hydrogen-bond donors (Lipinski definition) is 0. The maximum atomic E-state index is 9.97. The molecule has 56 valence electrons. The first-order valence-electron chi connectivity index (χ1n) is 3.66. The molecule has 1 aliphatic rings. The van der Waals surface area contributed by atoms with Gasteiger partial charge in [-0.3, -0.25) is 0 Å². The van der Waals surface area contributed by atoms with Crippen LogP contribution >= 0.6 is 0 Å². The molecule has 0 bridgehead atoms. The van der Waals surface area contributed by atoms with Crippen LogP contribution in [0.15, 0.2) is 0 Å². The number of carboxylic acid groups (broad SMARTS) is 1. The van der Waals surface area contributed by atoms with Crippen LogP contribution in [0.25, 0.3) is 0 Å². The van der Waals surface area contributed by atoms with Crippen LogP contribution in [0, 0.1) is 0 Å². The standard InChI is InChI=1S/C5H10.CH2O3.Al.K/c1-3-5-4-2;2-1(3)4;;/h1-5H2;(H2,2,3,4);;/q;;2*+1/p-2. The average molecular weight is 196 g/mol. The predicted molar refractivity (Wildman–Crippen MR) is 35.7 cm³/mol. The molecule has 1 saturated heterocycles. The normalized spacial score (nSPS) is 16.9. The molecular formula is C6H10AlKO3. The number of rotatable bonds is 1. The third-order valence-corrected chi connectivity index (χ3v) is 4.45. The van der Waals surface area contributed by atoms with Crippen LogP contribution in [0.3, 0.4) is 0 Å². The molecule has 0 aromatic carbocycles. The molecule has 0 aromatic heterocycles. The van der Waals surface area contributed by atoms with Crippen molar-refractivity contribution in [3.63, 3.8) is 0 Å². The second kappa shape index (κ2) is 6.90. The van der Waals surface area contributed by atoms with Gasteiger partial charge in [-0.25, -0.2) is 0 Å². The summed E-state index contributed by atoms with van der Waals surface area (Å²) in [6.07, 6.45) is 2.20. The van der Waals surface area contributed by atoms with Crippen LogP contribution in [0.5, 0.6) is 0 Å². The molecule has 0 aromatic rings. The Kier molecular flexibility index (Phi) is 7.80. The summed E-state index contributed by atoms with van der Waals surface area (Å²) in [6.45, 7) is 0. The van der Waals surface area contributed by atoms with Crippen molar-refractivity contribution in [2.75, 3.05) is 0 Å². The SMILES string of the molecule is O=C([O-])[O][Al]1[CH2]CCC[CH2]1.[K+]. The zero-order valence-corrected chi connectivity index (χ0v) is 11.1. The molecule has 0 N–H and O–H groups in total. The minimum absolute atomic E-state index is 0. The fraction of sp³-hybridized carbons (Fsp3) is 0.833. The Morgan fingerprint density at radius 3 is 2.27 bits per heavy atom. The van der Waals surface area contributed by atoms with E-state index in [0.717, 1.165) is 23.4 Å². The second-order valence-electron chi connectivity index (χ2n) is 2.63. The van der Waals surface area contributed by atoms with Gasteiger partial charge in [0.1, 0.15) is 0 Å². The molecule has 1 rings (SSSR count). The van der Waals surface area contributed by atoms with E-state index in [9.17, 15) is 9.90 Å². The van der Waals surface area contributed by atoms with Crippen LogP contribution in [0.1, 0.15) is 19.3 Å². The Labute approximate surface area is 114 Å².